The minimum atomic E-state index is 0.158. The predicted molar refractivity (Wildman–Crippen MR) is 217 cm³/mol. The average molecular weight is 684 g/mol. The quantitative estimate of drug-likeness (QED) is 0.175. The van der Waals surface area contributed by atoms with Crippen molar-refractivity contribution in [3.63, 3.8) is 0 Å². The lowest BCUT2D eigenvalue weighted by molar-refractivity contribution is 0.642. The fraction of sp³-hybridized carbons (Fsp3) is 0.104. The van der Waals surface area contributed by atoms with Crippen LogP contribution in [-0.4, -0.2) is 19.5 Å². The first-order chi connectivity index (χ1) is 26.2. The van der Waals surface area contributed by atoms with Crippen molar-refractivity contribution >= 4 is 27.5 Å². The summed E-state index contributed by atoms with van der Waals surface area (Å²) in [5.41, 5.74) is 15.9. The molecular formula is C48H37N5. The third-order valence-corrected chi connectivity index (χ3v) is 10.9. The number of para-hydroxylation sites is 1. The lowest BCUT2D eigenvalue weighted by atomic mass is 9.81. The molecule has 2 aliphatic rings. The summed E-state index contributed by atoms with van der Waals surface area (Å²) in [5.74, 6) is 0. The van der Waals surface area contributed by atoms with Crippen LogP contribution in [0.5, 0.6) is 0 Å². The Hall–Kier alpha value is -6.59. The molecule has 0 bridgehead atoms. The van der Waals surface area contributed by atoms with E-state index in [0.29, 0.717) is 0 Å². The molecular weight excluding hydrogens is 647 g/mol. The summed E-state index contributed by atoms with van der Waals surface area (Å²) in [7, 11) is 0. The van der Waals surface area contributed by atoms with Crippen LogP contribution in [0.25, 0.3) is 61.4 Å². The molecule has 0 amide bonds. The molecule has 1 unspecified atom stereocenters. The van der Waals surface area contributed by atoms with E-state index in [2.05, 4.69) is 142 Å². The highest BCUT2D eigenvalue weighted by molar-refractivity contribution is 6.12. The summed E-state index contributed by atoms with van der Waals surface area (Å²) in [6, 6.07) is 47.8. The number of hydrogen-bond donors (Lipinski definition) is 0. The van der Waals surface area contributed by atoms with Crippen LogP contribution in [0.2, 0.25) is 0 Å². The summed E-state index contributed by atoms with van der Waals surface area (Å²) < 4.78 is 2.39. The van der Waals surface area contributed by atoms with Gasteiger partial charge in [0.2, 0.25) is 0 Å². The number of fused-ring (bicyclic) bond motifs is 6. The third-order valence-electron chi connectivity index (χ3n) is 10.9. The lowest BCUT2D eigenvalue weighted by Crippen LogP contribution is -2.32. The van der Waals surface area contributed by atoms with Crippen molar-refractivity contribution in [2.24, 2.45) is 0 Å². The Labute approximate surface area is 309 Å². The Morgan fingerprint density at radius 3 is 2.09 bits per heavy atom. The van der Waals surface area contributed by atoms with E-state index in [9.17, 15) is 0 Å². The Kier molecular flexibility index (Phi) is 7.57. The molecule has 8 aromatic rings. The molecule has 5 nitrogen and oxygen atoms in total. The Morgan fingerprint density at radius 1 is 0.660 bits per heavy atom. The maximum absolute atomic E-state index is 5.08. The SMILES string of the molecule is Cc1c(N(C2=CC=CCC2)C2Cc3ccccc3-c3ccccc32)ccc2c1c1ccccc1n2-c1cc(-c2ccccn2)nc(-c2ccccn2)c1. The summed E-state index contributed by atoms with van der Waals surface area (Å²) in [6.45, 7) is 2.31. The fourth-order valence-electron chi connectivity index (χ4n) is 8.55. The summed E-state index contributed by atoms with van der Waals surface area (Å²) in [5, 5.41) is 2.49. The van der Waals surface area contributed by atoms with Gasteiger partial charge < -0.3 is 9.47 Å². The van der Waals surface area contributed by atoms with Gasteiger partial charge in [-0.1, -0.05) is 91.0 Å². The van der Waals surface area contributed by atoms with Crippen LogP contribution >= 0.6 is 0 Å². The van der Waals surface area contributed by atoms with E-state index in [1.54, 1.807) is 0 Å². The first-order valence-corrected chi connectivity index (χ1v) is 18.4. The molecule has 10 rings (SSSR count). The topological polar surface area (TPSA) is 46.8 Å². The standard InChI is InChI=1S/C48H37N5/c1-32-44(52(34-16-3-2-4-17-34)47-29-33-15-5-6-18-36(33)37-19-7-8-20-38(37)47)25-26-46-48(32)39-21-9-10-24-45(39)53(46)35-30-42(40-22-11-13-27-49-40)51-43(31-35)41-23-12-14-28-50-41/h2-3,5-16,18-28,30-31,47H,4,17,29H2,1H3. The maximum Gasteiger partial charge on any atom is 0.0915 e. The molecule has 2 aliphatic carbocycles. The van der Waals surface area contributed by atoms with Crippen LogP contribution in [0.15, 0.2) is 170 Å². The van der Waals surface area contributed by atoms with Crippen molar-refractivity contribution in [1.29, 1.82) is 0 Å². The van der Waals surface area contributed by atoms with E-state index >= 15 is 0 Å². The predicted octanol–water partition coefficient (Wildman–Crippen LogP) is 11.6. The van der Waals surface area contributed by atoms with E-state index in [1.165, 1.54) is 50.0 Å². The number of nitrogens with zero attached hydrogens (tertiary/aromatic N) is 5. The van der Waals surface area contributed by atoms with Gasteiger partial charge in [-0.05, 0) is 115 Å². The van der Waals surface area contributed by atoms with Crippen molar-refractivity contribution in [2.45, 2.75) is 32.2 Å². The zero-order valence-corrected chi connectivity index (χ0v) is 29.5. The molecule has 4 aromatic carbocycles. The summed E-state index contributed by atoms with van der Waals surface area (Å²) >= 11 is 0. The Bertz CT molecular complexity index is 2670. The van der Waals surface area contributed by atoms with Crippen molar-refractivity contribution < 1.29 is 0 Å². The minimum Gasteiger partial charge on any atom is -0.337 e. The molecule has 0 saturated heterocycles. The zero-order chi connectivity index (χ0) is 35.3. The van der Waals surface area contributed by atoms with Gasteiger partial charge in [-0.2, -0.15) is 0 Å². The molecule has 4 heterocycles. The molecule has 0 aliphatic heterocycles. The maximum atomic E-state index is 5.08. The van der Waals surface area contributed by atoms with Crippen LogP contribution < -0.4 is 4.90 Å². The molecule has 1 atom stereocenters. The van der Waals surface area contributed by atoms with E-state index < -0.39 is 0 Å². The normalized spacial score (nSPS) is 14.9. The first-order valence-electron chi connectivity index (χ1n) is 18.4. The zero-order valence-electron chi connectivity index (χ0n) is 29.5. The number of anilines is 1. The highest BCUT2D eigenvalue weighted by Gasteiger charge is 2.32. The van der Waals surface area contributed by atoms with Crippen LogP contribution in [0, 0.1) is 6.92 Å². The van der Waals surface area contributed by atoms with Crippen LogP contribution in [-0.2, 0) is 6.42 Å². The second kappa shape index (κ2) is 12.9. The number of aromatic nitrogens is 4. The summed E-state index contributed by atoms with van der Waals surface area (Å²) in [4.78, 5) is 17.1. The lowest BCUT2D eigenvalue weighted by Gasteiger charge is -2.41. The minimum absolute atomic E-state index is 0.158. The molecule has 0 N–H and O–H groups in total. The second-order valence-corrected chi connectivity index (χ2v) is 13.9. The van der Waals surface area contributed by atoms with E-state index in [-0.39, 0.29) is 6.04 Å². The monoisotopic (exact) mass is 683 g/mol. The van der Waals surface area contributed by atoms with Gasteiger partial charge in [0.25, 0.3) is 0 Å². The van der Waals surface area contributed by atoms with E-state index in [0.717, 1.165) is 58.8 Å². The van der Waals surface area contributed by atoms with Gasteiger partial charge in [0.15, 0.2) is 0 Å². The van der Waals surface area contributed by atoms with Crippen LogP contribution in [0.1, 0.15) is 35.6 Å². The number of pyridine rings is 3. The first kappa shape index (κ1) is 31.2. The van der Waals surface area contributed by atoms with Gasteiger partial charge in [-0.15, -0.1) is 0 Å². The van der Waals surface area contributed by atoms with Crippen molar-refractivity contribution in [3.8, 4) is 39.6 Å². The second-order valence-electron chi connectivity index (χ2n) is 13.9. The van der Waals surface area contributed by atoms with Crippen LogP contribution in [0.4, 0.5) is 5.69 Å². The molecule has 0 spiro atoms. The highest BCUT2D eigenvalue weighted by atomic mass is 15.2. The van der Waals surface area contributed by atoms with Gasteiger partial charge in [0.05, 0.1) is 45.5 Å². The van der Waals surface area contributed by atoms with Gasteiger partial charge in [-0.25, -0.2) is 4.98 Å². The van der Waals surface area contributed by atoms with Gasteiger partial charge in [-0.3, -0.25) is 9.97 Å². The van der Waals surface area contributed by atoms with Crippen molar-refractivity contribution in [3.05, 3.63) is 186 Å². The molecule has 0 radical (unpaired) electrons. The number of aryl methyl sites for hydroxylation is 1. The van der Waals surface area contributed by atoms with Gasteiger partial charge in [0.1, 0.15) is 0 Å². The average Bonchev–Trinajstić information content (AvgIpc) is 3.58. The number of hydrogen-bond acceptors (Lipinski definition) is 4. The fourth-order valence-corrected chi connectivity index (χ4v) is 8.55. The molecule has 5 heteroatoms. The Balaban J connectivity index is 1.20. The molecule has 0 saturated carbocycles. The number of allylic oxidation sites excluding steroid dienone is 4. The molecule has 53 heavy (non-hydrogen) atoms. The third kappa shape index (κ3) is 5.27. The molecule has 254 valence electrons. The van der Waals surface area contributed by atoms with Crippen molar-refractivity contribution in [2.75, 3.05) is 4.90 Å². The van der Waals surface area contributed by atoms with E-state index in [1.807, 2.05) is 48.8 Å². The molecule has 4 aromatic heterocycles. The number of rotatable bonds is 6. The Morgan fingerprint density at radius 2 is 1.36 bits per heavy atom. The number of benzene rings is 4. The van der Waals surface area contributed by atoms with E-state index in [4.69, 9.17) is 4.98 Å². The summed E-state index contributed by atoms with van der Waals surface area (Å²) in [6.07, 6.45) is 13.5. The van der Waals surface area contributed by atoms with Crippen molar-refractivity contribution in [1.82, 2.24) is 19.5 Å². The van der Waals surface area contributed by atoms with Crippen LogP contribution in [0.3, 0.4) is 0 Å². The van der Waals surface area contributed by atoms with Gasteiger partial charge >= 0.3 is 0 Å². The highest BCUT2D eigenvalue weighted by Crippen LogP contribution is 2.47. The van der Waals surface area contributed by atoms with Gasteiger partial charge in [0, 0.05) is 34.6 Å². The largest absolute Gasteiger partial charge is 0.337 e. The molecule has 0 fully saturated rings. The smallest absolute Gasteiger partial charge is 0.0915 e.